The summed E-state index contributed by atoms with van der Waals surface area (Å²) in [5.41, 5.74) is 7.64. The van der Waals surface area contributed by atoms with Crippen molar-refractivity contribution < 1.29 is 0 Å². The summed E-state index contributed by atoms with van der Waals surface area (Å²) in [6.07, 6.45) is 1.01. The van der Waals surface area contributed by atoms with Gasteiger partial charge in [-0.2, -0.15) is 0 Å². The van der Waals surface area contributed by atoms with Gasteiger partial charge in [-0.3, -0.25) is 0 Å². The van der Waals surface area contributed by atoms with Gasteiger partial charge in [0.1, 0.15) is 0 Å². The van der Waals surface area contributed by atoms with Crippen molar-refractivity contribution in [2.24, 2.45) is 0 Å². The molecule has 0 bridgehead atoms. The molecule has 1 aromatic rings. The molecule has 0 radical (unpaired) electrons. The van der Waals surface area contributed by atoms with Crippen LogP contribution in [0.4, 0.5) is 5.69 Å². The van der Waals surface area contributed by atoms with Gasteiger partial charge in [0.05, 0.1) is 5.69 Å². The van der Waals surface area contributed by atoms with E-state index in [-0.39, 0.29) is 0 Å². The molecular formula is C8H10BrNS. The highest BCUT2D eigenvalue weighted by Gasteiger charge is 2.01. The van der Waals surface area contributed by atoms with Gasteiger partial charge in [-0.15, -0.1) is 12.6 Å². The van der Waals surface area contributed by atoms with E-state index in [0.717, 1.165) is 15.8 Å². The van der Waals surface area contributed by atoms with Gasteiger partial charge in [0.15, 0.2) is 0 Å². The highest BCUT2D eigenvalue weighted by atomic mass is 79.9. The molecular weight excluding hydrogens is 222 g/mol. The second-order valence-electron chi connectivity index (χ2n) is 2.36. The zero-order chi connectivity index (χ0) is 8.43. The Labute approximate surface area is 80.5 Å². The number of nitrogens with two attached hydrogens (primary N) is 1. The summed E-state index contributed by atoms with van der Waals surface area (Å²) < 4.78 is 0.932. The fourth-order valence-corrected chi connectivity index (χ4v) is 1.81. The van der Waals surface area contributed by atoms with Crippen LogP contribution in [0, 0.1) is 0 Å². The fraction of sp³-hybridized carbons (Fsp3) is 0.250. The van der Waals surface area contributed by atoms with Crippen LogP contribution >= 0.6 is 28.6 Å². The molecule has 0 aliphatic carbocycles. The molecule has 0 heterocycles. The summed E-state index contributed by atoms with van der Waals surface area (Å²) in [7, 11) is 0. The lowest BCUT2D eigenvalue weighted by Crippen LogP contribution is -1.90. The van der Waals surface area contributed by atoms with Crippen LogP contribution in [0.2, 0.25) is 0 Å². The smallest absolute Gasteiger partial charge is 0.0594 e. The third kappa shape index (κ3) is 1.91. The maximum atomic E-state index is 5.68. The van der Waals surface area contributed by atoms with E-state index in [9.17, 15) is 0 Å². The minimum atomic E-state index is 0.713. The minimum Gasteiger partial charge on any atom is -0.397 e. The Hall–Kier alpha value is -0.150. The lowest BCUT2D eigenvalue weighted by atomic mass is 10.1. The molecule has 0 saturated heterocycles. The third-order valence-corrected chi connectivity index (χ3v) is 2.60. The molecule has 2 N–H and O–H groups in total. The Morgan fingerprint density at radius 3 is 2.64 bits per heavy atom. The maximum Gasteiger partial charge on any atom is 0.0594 e. The van der Waals surface area contributed by atoms with Crippen LogP contribution in [0.15, 0.2) is 21.5 Å². The quantitative estimate of drug-likeness (QED) is 0.565. The molecule has 0 aromatic heterocycles. The number of halogens is 1. The molecule has 1 nitrogen and oxygen atoms in total. The molecule has 0 saturated carbocycles. The normalized spacial score (nSPS) is 10.1. The lowest BCUT2D eigenvalue weighted by Gasteiger charge is -2.04. The van der Waals surface area contributed by atoms with E-state index in [1.807, 2.05) is 12.1 Å². The van der Waals surface area contributed by atoms with E-state index in [4.69, 9.17) is 5.73 Å². The van der Waals surface area contributed by atoms with E-state index in [2.05, 4.69) is 35.5 Å². The molecule has 1 rings (SSSR count). The van der Waals surface area contributed by atoms with Crippen LogP contribution in [-0.4, -0.2) is 0 Å². The number of nitrogen functional groups attached to an aromatic ring is 1. The number of hydrogen-bond acceptors (Lipinski definition) is 2. The maximum absolute atomic E-state index is 5.68. The number of thiol groups is 1. The van der Waals surface area contributed by atoms with E-state index >= 15 is 0 Å². The van der Waals surface area contributed by atoms with Crippen LogP contribution in [0.25, 0.3) is 0 Å². The molecule has 0 spiro atoms. The molecule has 0 aliphatic rings. The second kappa shape index (κ2) is 3.50. The van der Waals surface area contributed by atoms with Crippen LogP contribution in [0.5, 0.6) is 0 Å². The second-order valence-corrected chi connectivity index (χ2v) is 3.70. The number of benzene rings is 1. The predicted octanol–water partition coefficient (Wildman–Crippen LogP) is 2.88. The van der Waals surface area contributed by atoms with Crippen molar-refractivity contribution in [2.45, 2.75) is 18.2 Å². The SMILES string of the molecule is CCc1cc(S)c(N)c(Br)c1. The summed E-state index contributed by atoms with van der Waals surface area (Å²) in [5.74, 6) is 0. The zero-order valence-corrected chi connectivity index (χ0v) is 8.74. The number of anilines is 1. The molecule has 0 amide bonds. The topological polar surface area (TPSA) is 26.0 Å². The molecule has 0 unspecified atom stereocenters. The number of rotatable bonds is 1. The first-order valence-corrected chi connectivity index (χ1v) is 4.66. The number of aryl methyl sites for hydroxylation is 1. The fourth-order valence-electron chi connectivity index (χ4n) is 0.862. The van der Waals surface area contributed by atoms with Crippen molar-refractivity contribution in [3.8, 4) is 0 Å². The number of hydrogen-bond donors (Lipinski definition) is 2. The van der Waals surface area contributed by atoms with E-state index in [1.165, 1.54) is 5.56 Å². The van der Waals surface area contributed by atoms with Gasteiger partial charge in [0.25, 0.3) is 0 Å². The van der Waals surface area contributed by atoms with E-state index in [0.29, 0.717) is 5.69 Å². The third-order valence-electron chi connectivity index (χ3n) is 1.58. The molecule has 0 atom stereocenters. The first-order valence-electron chi connectivity index (χ1n) is 3.42. The van der Waals surface area contributed by atoms with Gasteiger partial charge in [0, 0.05) is 9.37 Å². The highest BCUT2D eigenvalue weighted by Crippen LogP contribution is 2.27. The van der Waals surface area contributed by atoms with Crippen molar-refractivity contribution in [2.75, 3.05) is 5.73 Å². The first-order chi connectivity index (χ1) is 5.15. The van der Waals surface area contributed by atoms with Gasteiger partial charge in [-0.25, -0.2) is 0 Å². The van der Waals surface area contributed by atoms with Gasteiger partial charge in [-0.1, -0.05) is 6.92 Å². The van der Waals surface area contributed by atoms with Crippen LogP contribution < -0.4 is 5.73 Å². The Morgan fingerprint density at radius 2 is 2.18 bits per heavy atom. The molecule has 3 heteroatoms. The average Bonchev–Trinajstić information content (AvgIpc) is 1.99. The summed E-state index contributed by atoms with van der Waals surface area (Å²) in [6.45, 7) is 2.10. The zero-order valence-electron chi connectivity index (χ0n) is 6.26. The molecule has 0 fully saturated rings. The van der Waals surface area contributed by atoms with Crippen molar-refractivity contribution >= 4 is 34.2 Å². The van der Waals surface area contributed by atoms with Crippen molar-refractivity contribution in [1.82, 2.24) is 0 Å². The lowest BCUT2D eigenvalue weighted by molar-refractivity contribution is 1.12. The molecule has 1 aromatic carbocycles. The standard InChI is InChI=1S/C8H10BrNS/c1-2-5-3-6(9)8(10)7(11)4-5/h3-4,11H,2,10H2,1H3. The van der Waals surface area contributed by atoms with Crippen LogP contribution in [0.3, 0.4) is 0 Å². The Balaban J connectivity index is 3.21. The van der Waals surface area contributed by atoms with Crippen molar-refractivity contribution in [3.05, 3.63) is 22.2 Å². The summed E-state index contributed by atoms with van der Waals surface area (Å²) in [5, 5.41) is 0. The first kappa shape index (κ1) is 8.94. The minimum absolute atomic E-state index is 0.713. The van der Waals surface area contributed by atoms with Gasteiger partial charge >= 0.3 is 0 Å². The molecule has 60 valence electrons. The van der Waals surface area contributed by atoms with Gasteiger partial charge in [-0.05, 0) is 40.0 Å². The summed E-state index contributed by atoms with van der Waals surface area (Å²) in [6, 6.07) is 4.01. The predicted molar refractivity (Wildman–Crippen MR) is 55.2 cm³/mol. The van der Waals surface area contributed by atoms with Crippen molar-refractivity contribution in [1.29, 1.82) is 0 Å². The molecule has 11 heavy (non-hydrogen) atoms. The summed E-state index contributed by atoms with van der Waals surface area (Å²) >= 11 is 7.60. The van der Waals surface area contributed by atoms with Crippen LogP contribution in [-0.2, 0) is 6.42 Å². The van der Waals surface area contributed by atoms with Gasteiger partial charge in [0.2, 0.25) is 0 Å². The Bertz CT molecular complexity index is 250. The Kier molecular flexibility index (Phi) is 2.84. The van der Waals surface area contributed by atoms with Crippen LogP contribution in [0.1, 0.15) is 12.5 Å². The van der Waals surface area contributed by atoms with Gasteiger partial charge < -0.3 is 5.73 Å². The summed E-state index contributed by atoms with van der Waals surface area (Å²) in [4.78, 5) is 0.844. The highest BCUT2D eigenvalue weighted by molar-refractivity contribution is 9.10. The largest absolute Gasteiger partial charge is 0.397 e. The van der Waals surface area contributed by atoms with E-state index < -0.39 is 0 Å². The Morgan fingerprint density at radius 1 is 1.55 bits per heavy atom. The average molecular weight is 232 g/mol. The molecule has 0 aliphatic heterocycles. The van der Waals surface area contributed by atoms with Crippen molar-refractivity contribution in [3.63, 3.8) is 0 Å². The monoisotopic (exact) mass is 231 g/mol. The van der Waals surface area contributed by atoms with E-state index in [1.54, 1.807) is 0 Å².